The van der Waals surface area contributed by atoms with Crippen molar-refractivity contribution >= 4 is 38.7 Å². The molecule has 0 saturated carbocycles. The first-order chi connectivity index (χ1) is 13.0. The van der Waals surface area contributed by atoms with E-state index < -0.39 is 10.0 Å². The van der Waals surface area contributed by atoms with Gasteiger partial charge >= 0.3 is 0 Å². The Morgan fingerprint density at radius 2 is 1.74 bits per heavy atom. The molecule has 1 aliphatic rings. The molecule has 2 N–H and O–H groups in total. The molecule has 0 bridgehead atoms. The van der Waals surface area contributed by atoms with Crippen LogP contribution in [0.2, 0.25) is 0 Å². The lowest BCUT2D eigenvalue weighted by molar-refractivity contribution is 0.0730. The van der Waals surface area contributed by atoms with Crippen LogP contribution in [-0.2, 0) is 14.8 Å². The number of hydrogen-bond donors (Lipinski definition) is 2. The van der Waals surface area contributed by atoms with Crippen LogP contribution in [0, 0.1) is 0 Å². The van der Waals surface area contributed by atoms with Crippen LogP contribution in [0.3, 0.4) is 0 Å². The Labute approximate surface area is 164 Å². The van der Waals surface area contributed by atoms with E-state index in [-0.39, 0.29) is 4.90 Å². The predicted octanol–water partition coefficient (Wildman–Crippen LogP) is 2.53. The topological polar surface area (TPSA) is 79.9 Å². The van der Waals surface area contributed by atoms with E-state index in [9.17, 15) is 8.42 Å². The summed E-state index contributed by atoms with van der Waals surface area (Å²) in [5.74, 6) is 0.723. The van der Waals surface area contributed by atoms with Crippen molar-refractivity contribution in [3.05, 3.63) is 48.5 Å². The van der Waals surface area contributed by atoms with Crippen LogP contribution in [-0.4, -0.2) is 51.2 Å². The molecule has 1 aliphatic heterocycles. The van der Waals surface area contributed by atoms with E-state index in [0.717, 1.165) is 11.4 Å². The van der Waals surface area contributed by atoms with Crippen molar-refractivity contribution in [1.29, 1.82) is 0 Å². The number of nitrogens with zero attached hydrogens (tertiary/aromatic N) is 1. The average molecular weight is 408 g/mol. The van der Waals surface area contributed by atoms with Gasteiger partial charge in [0.25, 0.3) is 0 Å². The van der Waals surface area contributed by atoms with E-state index in [1.165, 1.54) is 4.31 Å². The highest BCUT2D eigenvalue weighted by Gasteiger charge is 2.26. The molecule has 1 fully saturated rings. The maximum absolute atomic E-state index is 12.6. The van der Waals surface area contributed by atoms with Crippen molar-refractivity contribution in [2.24, 2.45) is 0 Å². The van der Waals surface area contributed by atoms with Crippen molar-refractivity contribution in [2.75, 3.05) is 44.0 Å². The lowest BCUT2D eigenvalue weighted by Crippen LogP contribution is -2.40. The maximum Gasteiger partial charge on any atom is 0.243 e. The third kappa shape index (κ3) is 4.95. The van der Waals surface area contributed by atoms with Crippen molar-refractivity contribution in [3.63, 3.8) is 0 Å². The van der Waals surface area contributed by atoms with Crippen LogP contribution in [0.5, 0.6) is 5.75 Å². The summed E-state index contributed by atoms with van der Waals surface area (Å²) in [6.45, 7) is 1.58. The van der Waals surface area contributed by atoms with Crippen molar-refractivity contribution in [1.82, 2.24) is 4.31 Å². The third-order valence-corrected chi connectivity index (χ3v) is 6.16. The molecule has 2 aromatic rings. The Morgan fingerprint density at radius 3 is 2.41 bits per heavy atom. The number of morpholine rings is 1. The Hall–Kier alpha value is -2.20. The van der Waals surface area contributed by atoms with Gasteiger partial charge in [0.2, 0.25) is 10.0 Å². The number of thiocarbonyl (C=S) groups is 1. The molecule has 9 heteroatoms. The Morgan fingerprint density at radius 1 is 1.07 bits per heavy atom. The van der Waals surface area contributed by atoms with Crippen LogP contribution in [0.25, 0.3) is 0 Å². The fraction of sp³-hybridized carbons (Fsp3) is 0.278. The zero-order chi connectivity index (χ0) is 19.3. The normalized spacial score (nSPS) is 15.1. The first kappa shape index (κ1) is 19.6. The van der Waals surface area contributed by atoms with Crippen molar-refractivity contribution in [2.45, 2.75) is 4.90 Å². The lowest BCUT2D eigenvalue weighted by atomic mass is 10.3. The minimum absolute atomic E-state index is 0.252. The van der Waals surface area contributed by atoms with Crippen LogP contribution in [0.4, 0.5) is 11.4 Å². The average Bonchev–Trinajstić information content (AvgIpc) is 2.69. The predicted molar refractivity (Wildman–Crippen MR) is 109 cm³/mol. The molecule has 2 aromatic carbocycles. The summed E-state index contributed by atoms with van der Waals surface area (Å²) in [6.07, 6.45) is 0. The fourth-order valence-electron chi connectivity index (χ4n) is 2.64. The van der Waals surface area contributed by atoms with E-state index in [4.69, 9.17) is 21.7 Å². The quantitative estimate of drug-likeness (QED) is 0.737. The van der Waals surface area contributed by atoms with Gasteiger partial charge in [0.15, 0.2) is 5.11 Å². The fourth-order valence-corrected chi connectivity index (χ4v) is 4.28. The molecule has 0 atom stereocenters. The SMILES string of the molecule is COc1cccc(NC(=S)Nc2ccc(S(=O)(=O)N3CCOCC3)cc2)c1. The van der Waals surface area contributed by atoms with Crippen LogP contribution < -0.4 is 15.4 Å². The first-order valence-corrected chi connectivity index (χ1v) is 10.2. The molecule has 1 saturated heterocycles. The molecular weight excluding hydrogens is 386 g/mol. The summed E-state index contributed by atoms with van der Waals surface area (Å²) in [4.78, 5) is 0.252. The summed E-state index contributed by atoms with van der Waals surface area (Å²) in [7, 11) is -1.90. The highest BCUT2D eigenvalue weighted by molar-refractivity contribution is 7.89. The summed E-state index contributed by atoms with van der Waals surface area (Å²) < 4.78 is 37.1. The monoisotopic (exact) mass is 407 g/mol. The highest BCUT2D eigenvalue weighted by Crippen LogP contribution is 2.20. The molecule has 0 unspecified atom stereocenters. The van der Waals surface area contributed by atoms with Gasteiger partial charge in [-0.25, -0.2) is 8.42 Å². The minimum Gasteiger partial charge on any atom is -0.497 e. The number of ether oxygens (including phenoxy) is 2. The lowest BCUT2D eigenvalue weighted by Gasteiger charge is -2.26. The maximum atomic E-state index is 12.6. The smallest absolute Gasteiger partial charge is 0.243 e. The van der Waals surface area contributed by atoms with Gasteiger partial charge in [0.1, 0.15) is 5.75 Å². The molecule has 0 spiro atoms. The molecule has 144 valence electrons. The Kier molecular flexibility index (Phi) is 6.27. The number of hydrogen-bond acceptors (Lipinski definition) is 5. The Balaban J connectivity index is 1.63. The van der Waals surface area contributed by atoms with Gasteiger partial charge in [-0.15, -0.1) is 0 Å². The van der Waals surface area contributed by atoms with Gasteiger partial charge in [0, 0.05) is 30.5 Å². The minimum atomic E-state index is -3.50. The number of rotatable bonds is 5. The van der Waals surface area contributed by atoms with Gasteiger partial charge in [-0.05, 0) is 48.6 Å². The van der Waals surface area contributed by atoms with E-state index in [1.54, 1.807) is 31.4 Å². The summed E-state index contributed by atoms with van der Waals surface area (Å²) in [5.41, 5.74) is 1.48. The van der Waals surface area contributed by atoms with Crippen LogP contribution in [0.15, 0.2) is 53.4 Å². The van der Waals surface area contributed by atoms with Gasteiger partial charge < -0.3 is 20.1 Å². The van der Waals surface area contributed by atoms with E-state index in [0.29, 0.717) is 37.1 Å². The second kappa shape index (κ2) is 8.66. The molecule has 27 heavy (non-hydrogen) atoms. The summed E-state index contributed by atoms with van der Waals surface area (Å²) >= 11 is 5.30. The number of methoxy groups -OCH3 is 1. The zero-order valence-electron chi connectivity index (χ0n) is 14.8. The summed E-state index contributed by atoms with van der Waals surface area (Å²) in [6, 6.07) is 13.9. The number of benzene rings is 2. The molecule has 0 aromatic heterocycles. The van der Waals surface area contributed by atoms with Crippen molar-refractivity contribution < 1.29 is 17.9 Å². The van der Waals surface area contributed by atoms with Crippen molar-refractivity contribution in [3.8, 4) is 5.75 Å². The van der Waals surface area contributed by atoms with E-state index >= 15 is 0 Å². The number of nitrogens with one attached hydrogen (secondary N) is 2. The molecule has 0 radical (unpaired) electrons. The standard InChI is InChI=1S/C18H21N3O4S2/c1-24-16-4-2-3-15(13-16)20-18(26)19-14-5-7-17(8-6-14)27(22,23)21-9-11-25-12-10-21/h2-8,13H,9-12H2,1H3,(H2,19,20,26). The van der Waals surface area contributed by atoms with Gasteiger partial charge in [-0.1, -0.05) is 6.07 Å². The molecule has 1 heterocycles. The van der Waals surface area contributed by atoms with Crippen LogP contribution in [0.1, 0.15) is 0 Å². The summed E-state index contributed by atoms with van der Waals surface area (Å²) in [5, 5.41) is 6.49. The molecular formula is C18H21N3O4S2. The molecule has 0 amide bonds. The van der Waals surface area contributed by atoms with Gasteiger partial charge in [-0.2, -0.15) is 4.31 Å². The van der Waals surface area contributed by atoms with Gasteiger partial charge in [0.05, 0.1) is 25.2 Å². The number of sulfonamides is 1. The van der Waals surface area contributed by atoms with Crippen LogP contribution >= 0.6 is 12.2 Å². The molecule has 0 aliphatic carbocycles. The highest BCUT2D eigenvalue weighted by atomic mass is 32.2. The van der Waals surface area contributed by atoms with Gasteiger partial charge in [-0.3, -0.25) is 0 Å². The third-order valence-electron chi connectivity index (χ3n) is 4.05. The second-order valence-electron chi connectivity index (χ2n) is 5.85. The second-order valence-corrected chi connectivity index (χ2v) is 8.20. The largest absolute Gasteiger partial charge is 0.497 e. The number of anilines is 2. The Bertz CT molecular complexity index is 895. The molecule has 3 rings (SSSR count). The zero-order valence-corrected chi connectivity index (χ0v) is 16.5. The molecule has 7 nitrogen and oxygen atoms in total. The first-order valence-electron chi connectivity index (χ1n) is 8.39. The van der Waals surface area contributed by atoms with E-state index in [1.807, 2.05) is 24.3 Å². The van der Waals surface area contributed by atoms with E-state index in [2.05, 4.69) is 10.6 Å².